The van der Waals surface area contributed by atoms with Crippen LogP contribution >= 0.6 is 0 Å². The molecule has 1 heterocycles. The third-order valence-corrected chi connectivity index (χ3v) is 2.54. The van der Waals surface area contributed by atoms with E-state index in [4.69, 9.17) is 10.2 Å². The standard InChI is InChI=1S/C12H17N3O2/c1-12(2,13)7-14-8-4-5-9-10(6-8)17-11(16)15(9)3/h4-6,14H,7,13H2,1-3H3. The van der Waals surface area contributed by atoms with Crippen molar-refractivity contribution >= 4 is 16.8 Å². The number of oxazole rings is 1. The van der Waals surface area contributed by atoms with Crippen LogP contribution in [0.2, 0.25) is 0 Å². The minimum Gasteiger partial charge on any atom is -0.408 e. The van der Waals surface area contributed by atoms with Gasteiger partial charge in [-0.2, -0.15) is 0 Å². The minimum absolute atomic E-state index is 0.285. The molecule has 0 atom stereocenters. The molecule has 0 aliphatic rings. The van der Waals surface area contributed by atoms with Crippen LogP contribution in [0.3, 0.4) is 0 Å². The molecule has 0 bridgehead atoms. The summed E-state index contributed by atoms with van der Waals surface area (Å²) in [5, 5.41) is 3.21. The highest BCUT2D eigenvalue weighted by atomic mass is 16.4. The van der Waals surface area contributed by atoms with Gasteiger partial charge in [0, 0.05) is 30.9 Å². The molecular formula is C12H17N3O2. The van der Waals surface area contributed by atoms with Crippen LogP contribution in [0.4, 0.5) is 5.69 Å². The van der Waals surface area contributed by atoms with Crippen LogP contribution in [-0.4, -0.2) is 16.7 Å². The summed E-state index contributed by atoms with van der Waals surface area (Å²) in [4.78, 5) is 11.3. The van der Waals surface area contributed by atoms with Gasteiger partial charge in [0.2, 0.25) is 0 Å². The number of hydrogen-bond donors (Lipinski definition) is 2. The molecule has 5 heteroatoms. The molecule has 0 fully saturated rings. The van der Waals surface area contributed by atoms with Gasteiger partial charge in [-0.05, 0) is 26.0 Å². The summed E-state index contributed by atoms with van der Waals surface area (Å²) in [6, 6.07) is 5.57. The van der Waals surface area contributed by atoms with Crippen molar-refractivity contribution in [3.63, 3.8) is 0 Å². The van der Waals surface area contributed by atoms with Crippen molar-refractivity contribution in [2.24, 2.45) is 12.8 Å². The molecule has 0 amide bonds. The fourth-order valence-electron chi connectivity index (χ4n) is 1.57. The second-order valence-corrected chi connectivity index (χ2v) is 4.95. The average molecular weight is 235 g/mol. The SMILES string of the molecule is Cn1c(=O)oc2cc(NCC(C)(C)N)ccc21. The van der Waals surface area contributed by atoms with E-state index in [1.54, 1.807) is 7.05 Å². The Balaban J connectivity index is 2.29. The van der Waals surface area contributed by atoms with Crippen molar-refractivity contribution in [1.29, 1.82) is 0 Å². The molecule has 0 radical (unpaired) electrons. The number of anilines is 1. The number of nitrogens with two attached hydrogens (primary N) is 1. The van der Waals surface area contributed by atoms with Crippen molar-refractivity contribution in [1.82, 2.24) is 4.57 Å². The first-order valence-electron chi connectivity index (χ1n) is 5.49. The number of fused-ring (bicyclic) bond motifs is 1. The number of benzene rings is 1. The summed E-state index contributed by atoms with van der Waals surface area (Å²) >= 11 is 0. The quantitative estimate of drug-likeness (QED) is 0.840. The van der Waals surface area contributed by atoms with Gasteiger partial charge in [-0.1, -0.05) is 0 Å². The molecule has 0 spiro atoms. The van der Waals surface area contributed by atoms with Gasteiger partial charge in [0.05, 0.1) is 5.52 Å². The maximum Gasteiger partial charge on any atom is 0.419 e. The molecule has 17 heavy (non-hydrogen) atoms. The van der Waals surface area contributed by atoms with E-state index < -0.39 is 0 Å². The van der Waals surface area contributed by atoms with Gasteiger partial charge in [-0.3, -0.25) is 4.57 Å². The molecule has 0 aliphatic heterocycles. The Kier molecular flexibility index (Phi) is 2.71. The Bertz CT molecular complexity index is 590. The first-order valence-corrected chi connectivity index (χ1v) is 5.49. The summed E-state index contributed by atoms with van der Waals surface area (Å²) in [5.41, 5.74) is 7.86. The van der Waals surface area contributed by atoms with Crippen molar-refractivity contribution in [2.75, 3.05) is 11.9 Å². The summed E-state index contributed by atoms with van der Waals surface area (Å²) in [5.74, 6) is -0.351. The van der Waals surface area contributed by atoms with Crippen molar-refractivity contribution in [3.8, 4) is 0 Å². The number of aryl methyl sites for hydroxylation is 1. The molecule has 2 rings (SSSR count). The Morgan fingerprint density at radius 1 is 1.47 bits per heavy atom. The number of nitrogens with one attached hydrogen (secondary N) is 1. The zero-order chi connectivity index (χ0) is 12.6. The van der Waals surface area contributed by atoms with Gasteiger partial charge in [0.1, 0.15) is 0 Å². The van der Waals surface area contributed by atoms with Gasteiger partial charge in [0.25, 0.3) is 0 Å². The molecule has 1 aromatic heterocycles. The topological polar surface area (TPSA) is 73.2 Å². The minimum atomic E-state index is -0.351. The van der Waals surface area contributed by atoms with Gasteiger partial charge in [-0.25, -0.2) is 4.79 Å². The maximum atomic E-state index is 11.3. The number of aromatic nitrogens is 1. The normalized spacial score (nSPS) is 12.0. The number of nitrogens with zero attached hydrogens (tertiary/aromatic N) is 1. The smallest absolute Gasteiger partial charge is 0.408 e. The van der Waals surface area contributed by atoms with Gasteiger partial charge in [0.15, 0.2) is 5.58 Å². The van der Waals surface area contributed by atoms with E-state index in [0.717, 1.165) is 11.2 Å². The molecule has 5 nitrogen and oxygen atoms in total. The zero-order valence-corrected chi connectivity index (χ0v) is 10.3. The summed E-state index contributed by atoms with van der Waals surface area (Å²) < 4.78 is 6.59. The lowest BCUT2D eigenvalue weighted by Gasteiger charge is -2.19. The Hall–Kier alpha value is -1.75. The van der Waals surface area contributed by atoms with Crippen molar-refractivity contribution in [3.05, 3.63) is 28.7 Å². The average Bonchev–Trinajstić information content (AvgIpc) is 2.51. The summed E-state index contributed by atoms with van der Waals surface area (Å²) in [6.07, 6.45) is 0. The van der Waals surface area contributed by atoms with Crippen LogP contribution in [0.15, 0.2) is 27.4 Å². The Labute approximate surface area is 99.2 Å². The van der Waals surface area contributed by atoms with Crippen LogP contribution in [-0.2, 0) is 7.05 Å². The molecule has 0 saturated carbocycles. The largest absolute Gasteiger partial charge is 0.419 e. The highest BCUT2D eigenvalue weighted by Crippen LogP contribution is 2.18. The summed E-state index contributed by atoms with van der Waals surface area (Å²) in [6.45, 7) is 4.54. The van der Waals surface area contributed by atoms with Crippen LogP contribution in [0.5, 0.6) is 0 Å². The third kappa shape index (κ3) is 2.50. The van der Waals surface area contributed by atoms with Crippen molar-refractivity contribution in [2.45, 2.75) is 19.4 Å². The van der Waals surface area contributed by atoms with E-state index >= 15 is 0 Å². The van der Waals surface area contributed by atoms with E-state index in [1.807, 2.05) is 32.0 Å². The second-order valence-electron chi connectivity index (χ2n) is 4.95. The number of hydrogen-bond acceptors (Lipinski definition) is 4. The van der Waals surface area contributed by atoms with E-state index in [2.05, 4.69) is 5.32 Å². The molecule has 92 valence electrons. The van der Waals surface area contributed by atoms with E-state index in [9.17, 15) is 4.79 Å². The Morgan fingerprint density at radius 3 is 2.82 bits per heavy atom. The zero-order valence-electron chi connectivity index (χ0n) is 10.3. The number of rotatable bonds is 3. The fourth-order valence-corrected chi connectivity index (χ4v) is 1.57. The van der Waals surface area contributed by atoms with Crippen LogP contribution in [0.1, 0.15) is 13.8 Å². The molecule has 0 aliphatic carbocycles. The highest BCUT2D eigenvalue weighted by Gasteiger charge is 2.11. The fraction of sp³-hybridized carbons (Fsp3) is 0.417. The van der Waals surface area contributed by atoms with Gasteiger partial charge >= 0.3 is 5.76 Å². The first-order chi connectivity index (χ1) is 7.87. The lowest BCUT2D eigenvalue weighted by molar-refractivity contribution is 0.528. The molecule has 3 N–H and O–H groups in total. The predicted octanol–water partition coefficient (Wildman–Crippen LogP) is 1.28. The lowest BCUT2D eigenvalue weighted by atomic mass is 10.1. The maximum absolute atomic E-state index is 11.3. The van der Waals surface area contributed by atoms with Crippen LogP contribution < -0.4 is 16.8 Å². The van der Waals surface area contributed by atoms with Crippen LogP contribution in [0, 0.1) is 0 Å². The van der Waals surface area contributed by atoms with E-state index in [1.165, 1.54) is 4.57 Å². The molecule has 0 unspecified atom stereocenters. The molecule has 0 saturated heterocycles. The molecule has 1 aromatic carbocycles. The highest BCUT2D eigenvalue weighted by molar-refractivity contribution is 5.77. The first kappa shape index (κ1) is 11.7. The second kappa shape index (κ2) is 3.92. The lowest BCUT2D eigenvalue weighted by Crippen LogP contribution is -2.39. The van der Waals surface area contributed by atoms with Gasteiger partial charge in [-0.15, -0.1) is 0 Å². The monoisotopic (exact) mass is 235 g/mol. The molecular weight excluding hydrogens is 218 g/mol. The Morgan fingerprint density at radius 2 is 2.18 bits per heavy atom. The van der Waals surface area contributed by atoms with E-state index in [0.29, 0.717) is 12.1 Å². The molecule has 2 aromatic rings. The predicted molar refractivity (Wildman–Crippen MR) is 68.2 cm³/mol. The van der Waals surface area contributed by atoms with Crippen molar-refractivity contribution < 1.29 is 4.42 Å². The summed E-state index contributed by atoms with van der Waals surface area (Å²) in [7, 11) is 1.68. The van der Waals surface area contributed by atoms with Crippen LogP contribution in [0.25, 0.3) is 11.1 Å². The third-order valence-electron chi connectivity index (χ3n) is 2.54. The van der Waals surface area contributed by atoms with E-state index in [-0.39, 0.29) is 11.3 Å². The van der Waals surface area contributed by atoms with Gasteiger partial charge < -0.3 is 15.5 Å².